The number of hydrogen-bond acceptors (Lipinski definition) is 5. The summed E-state index contributed by atoms with van der Waals surface area (Å²) in [5.41, 5.74) is 1.28. The lowest BCUT2D eigenvalue weighted by molar-refractivity contribution is -0.144. The summed E-state index contributed by atoms with van der Waals surface area (Å²) in [6.07, 6.45) is 1.36. The van der Waals surface area contributed by atoms with Gasteiger partial charge >= 0.3 is 5.97 Å². The first-order valence-corrected chi connectivity index (χ1v) is 6.79. The van der Waals surface area contributed by atoms with Crippen LogP contribution in [0.5, 0.6) is 0 Å². The van der Waals surface area contributed by atoms with Crippen molar-refractivity contribution >= 4 is 11.7 Å². The summed E-state index contributed by atoms with van der Waals surface area (Å²) in [6, 6.07) is 7.85. The van der Waals surface area contributed by atoms with E-state index < -0.39 is 11.4 Å². The molecule has 21 heavy (non-hydrogen) atoms. The Balaban J connectivity index is 1.87. The lowest BCUT2D eigenvalue weighted by atomic mass is 10.1. The molecule has 0 unspecified atom stereocenters. The van der Waals surface area contributed by atoms with Gasteiger partial charge in [-0.3, -0.25) is 4.79 Å². The van der Waals surface area contributed by atoms with Crippen molar-refractivity contribution in [2.75, 3.05) is 19.0 Å². The van der Waals surface area contributed by atoms with Crippen LogP contribution in [0.25, 0.3) is 11.4 Å². The quantitative estimate of drug-likeness (QED) is 0.891. The van der Waals surface area contributed by atoms with Gasteiger partial charge in [0.15, 0.2) is 5.82 Å². The van der Waals surface area contributed by atoms with Crippen molar-refractivity contribution in [3.8, 4) is 11.4 Å². The number of carboxylic acid groups (broad SMARTS) is 1. The number of anilines is 1. The van der Waals surface area contributed by atoms with E-state index in [0.717, 1.165) is 11.3 Å². The molecule has 1 heterocycles. The minimum absolute atomic E-state index is 0.320. The number of tetrazole rings is 1. The number of nitrogens with zero attached hydrogens (tertiary/aromatic N) is 5. The summed E-state index contributed by atoms with van der Waals surface area (Å²) in [4.78, 5) is 13.3. The van der Waals surface area contributed by atoms with Crippen LogP contribution in [0, 0.1) is 5.41 Å². The van der Waals surface area contributed by atoms with Crippen LogP contribution >= 0.6 is 0 Å². The number of aromatic nitrogens is 4. The zero-order valence-electron chi connectivity index (χ0n) is 12.0. The molecule has 0 radical (unpaired) electrons. The average Bonchev–Trinajstić information content (AvgIpc) is 3.10. The number of carboxylic acids is 1. The van der Waals surface area contributed by atoms with Crippen molar-refractivity contribution in [2.45, 2.75) is 19.4 Å². The minimum atomic E-state index is -0.771. The van der Waals surface area contributed by atoms with E-state index in [1.807, 2.05) is 43.3 Å². The van der Waals surface area contributed by atoms with Crippen LogP contribution < -0.4 is 4.90 Å². The Bertz CT molecular complexity index is 658. The minimum Gasteiger partial charge on any atom is -0.481 e. The molecule has 0 saturated heterocycles. The second kappa shape index (κ2) is 4.83. The summed E-state index contributed by atoms with van der Waals surface area (Å²) in [5.74, 6) is -0.167. The molecule has 0 amide bonds. The first kappa shape index (κ1) is 13.5. The third kappa shape index (κ3) is 2.46. The van der Waals surface area contributed by atoms with Gasteiger partial charge < -0.3 is 10.0 Å². The van der Waals surface area contributed by atoms with Crippen molar-refractivity contribution in [1.82, 2.24) is 20.2 Å². The van der Waals surface area contributed by atoms with Crippen LogP contribution in [0.1, 0.15) is 12.8 Å². The van der Waals surface area contributed by atoms with Gasteiger partial charge in [0.25, 0.3) is 0 Å². The Morgan fingerprint density at radius 2 is 2.00 bits per heavy atom. The fourth-order valence-corrected chi connectivity index (χ4v) is 2.30. The molecular formula is C14H17N5O2. The van der Waals surface area contributed by atoms with Crippen molar-refractivity contribution < 1.29 is 9.90 Å². The van der Waals surface area contributed by atoms with Gasteiger partial charge in [-0.2, -0.15) is 0 Å². The highest BCUT2D eigenvalue weighted by Gasteiger charge is 2.51. The molecule has 0 aliphatic heterocycles. The molecule has 1 saturated carbocycles. The predicted molar refractivity (Wildman–Crippen MR) is 76.9 cm³/mol. The average molecular weight is 287 g/mol. The smallest absolute Gasteiger partial charge is 0.311 e. The Kier molecular flexibility index (Phi) is 3.12. The number of aliphatic carboxylic acids is 1. The van der Waals surface area contributed by atoms with E-state index >= 15 is 0 Å². The SMILES string of the molecule is CN(C)c1ccc(-c2nnnn2CC2(C(=O)O)CC2)cc1. The maximum absolute atomic E-state index is 11.3. The Morgan fingerprint density at radius 3 is 2.52 bits per heavy atom. The molecule has 0 atom stereocenters. The van der Waals surface area contributed by atoms with Crippen molar-refractivity contribution in [3.63, 3.8) is 0 Å². The largest absolute Gasteiger partial charge is 0.481 e. The van der Waals surface area contributed by atoms with Gasteiger partial charge in [-0.25, -0.2) is 4.68 Å². The van der Waals surface area contributed by atoms with Crippen molar-refractivity contribution in [1.29, 1.82) is 0 Å². The second-order valence-electron chi connectivity index (χ2n) is 5.69. The standard InChI is InChI=1S/C14H17N5O2/c1-18(2)11-5-3-10(4-6-11)12-15-16-17-19(12)9-14(7-8-14)13(20)21/h3-6H,7-9H2,1-2H3,(H,20,21). The van der Waals surface area contributed by atoms with Crippen LogP contribution in [0.2, 0.25) is 0 Å². The molecule has 7 heteroatoms. The highest BCUT2D eigenvalue weighted by Crippen LogP contribution is 2.47. The first-order valence-electron chi connectivity index (χ1n) is 6.79. The summed E-state index contributed by atoms with van der Waals surface area (Å²) in [5, 5.41) is 20.9. The third-order valence-corrected chi connectivity index (χ3v) is 3.93. The normalized spacial score (nSPS) is 15.7. The molecule has 1 aliphatic carbocycles. The number of hydrogen-bond donors (Lipinski definition) is 1. The maximum atomic E-state index is 11.3. The van der Waals surface area contributed by atoms with Gasteiger partial charge in [0.2, 0.25) is 0 Å². The highest BCUT2D eigenvalue weighted by atomic mass is 16.4. The number of carbonyl (C=O) groups is 1. The highest BCUT2D eigenvalue weighted by molar-refractivity contribution is 5.77. The summed E-state index contributed by atoms with van der Waals surface area (Å²) in [6.45, 7) is 0.320. The maximum Gasteiger partial charge on any atom is 0.311 e. The van der Waals surface area contributed by atoms with E-state index in [9.17, 15) is 9.90 Å². The molecule has 1 aromatic carbocycles. The van der Waals surface area contributed by atoms with Crippen molar-refractivity contribution in [2.24, 2.45) is 5.41 Å². The summed E-state index contributed by atoms with van der Waals surface area (Å²) < 4.78 is 1.59. The molecule has 0 bridgehead atoms. The Morgan fingerprint density at radius 1 is 1.33 bits per heavy atom. The molecule has 110 valence electrons. The summed E-state index contributed by atoms with van der Waals surface area (Å²) in [7, 11) is 3.95. The Hall–Kier alpha value is -2.44. The van der Waals surface area contributed by atoms with E-state index in [4.69, 9.17) is 0 Å². The molecule has 1 aliphatic rings. The topological polar surface area (TPSA) is 84.1 Å². The van der Waals surface area contributed by atoms with Crippen molar-refractivity contribution in [3.05, 3.63) is 24.3 Å². The fourth-order valence-electron chi connectivity index (χ4n) is 2.30. The molecular weight excluding hydrogens is 270 g/mol. The van der Waals surface area contributed by atoms with Gasteiger partial charge in [-0.1, -0.05) is 0 Å². The van der Waals surface area contributed by atoms with E-state index in [2.05, 4.69) is 15.5 Å². The third-order valence-electron chi connectivity index (χ3n) is 3.93. The number of benzene rings is 1. The van der Waals surface area contributed by atoms with E-state index in [-0.39, 0.29) is 0 Å². The van der Waals surface area contributed by atoms with Crippen LogP contribution in [0.4, 0.5) is 5.69 Å². The van der Waals surface area contributed by atoms with Gasteiger partial charge in [0, 0.05) is 25.3 Å². The molecule has 0 spiro atoms. The fraction of sp³-hybridized carbons (Fsp3) is 0.429. The number of rotatable bonds is 5. The van der Waals surface area contributed by atoms with Gasteiger partial charge in [-0.15, -0.1) is 5.10 Å². The lowest BCUT2D eigenvalue weighted by Gasteiger charge is -2.13. The molecule has 1 aromatic heterocycles. The molecule has 3 rings (SSSR count). The predicted octanol–water partition coefficient (Wildman–Crippen LogP) is 1.27. The van der Waals surface area contributed by atoms with E-state index in [0.29, 0.717) is 25.2 Å². The zero-order valence-corrected chi connectivity index (χ0v) is 12.0. The molecule has 2 aromatic rings. The van der Waals surface area contributed by atoms with E-state index in [1.54, 1.807) is 4.68 Å². The van der Waals surface area contributed by atoms with Crippen LogP contribution in [-0.2, 0) is 11.3 Å². The van der Waals surface area contributed by atoms with Crippen LogP contribution in [0.15, 0.2) is 24.3 Å². The molecule has 1 N–H and O–H groups in total. The van der Waals surface area contributed by atoms with Gasteiger partial charge in [0.1, 0.15) is 0 Å². The zero-order chi connectivity index (χ0) is 15.0. The monoisotopic (exact) mass is 287 g/mol. The second-order valence-corrected chi connectivity index (χ2v) is 5.69. The lowest BCUT2D eigenvalue weighted by Crippen LogP contribution is -2.22. The van der Waals surface area contributed by atoms with E-state index in [1.165, 1.54) is 0 Å². The van der Waals surface area contributed by atoms with Crippen LogP contribution in [-0.4, -0.2) is 45.4 Å². The molecule has 7 nitrogen and oxygen atoms in total. The summed E-state index contributed by atoms with van der Waals surface area (Å²) >= 11 is 0. The van der Waals surface area contributed by atoms with Gasteiger partial charge in [-0.05, 0) is 47.5 Å². The van der Waals surface area contributed by atoms with Crippen LogP contribution in [0.3, 0.4) is 0 Å². The Labute approximate surface area is 122 Å². The first-order chi connectivity index (χ1) is 10.0. The molecule has 1 fully saturated rings. The van der Waals surface area contributed by atoms with Gasteiger partial charge in [0.05, 0.1) is 12.0 Å².